The Morgan fingerprint density at radius 3 is 2.13 bits per heavy atom. The van der Waals surface area contributed by atoms with Crippen LogP contribution in [0.25, 0.3) is 10.8 Å². The van der Waals surface area contributed by atoms with Gasteiger partial charge in [-0.2, -0.15) is 0 Å². The van der Waals surface area contributed by atoms with Gasteiger partial charge in [-0.15, -0.1) is 0 Å². The number of ether oxygens (including phenoxy) is 2. The lowest BCUT2D eigenvalue weighted by atomic mass is 10.0. The molecule has 2 amide bonds. The SMILES string of the molecule is COc1cc(NC(=O)C(NC(=O)Cc2ccc3ccccc3c2)C(C)C)cc(OC)c1. The molecule has 0 aliphatic rings. The predicted molar refractivity (Wildman–Crippen MR) is 123 cm³/mol. The number of anilines is 1. The second-order valence-electron chi connectivity index (χ2n) is 7.74. The number of hydrogen-bond donors (Lipinski definition) is 2. The minimum Gasteiger partial charge on any atom is -0.497 e. The molecule has 1 unspecified atom stereocenters. The zero-order valence-corrected chi connectivity index (χ0v) is 18.3. The first-order chi connectivity index (χ1) is 14.9. The van der Waals surface area contributed by atoms with Crippen LogP contribution < -0.4 is 20.1 Å². The van der Waals surface area contributed by atoms with E-state index in [1.165, 1.54) is 0 Å². The number of fused-ring (bicyclic) bond motifs is 1. The van der Waals surface area contributed by atoms with Gasteiger partial charge in [-0.25, -0.2) is 0 Å². The lowest BCUT2D eigenvalue weighted by molar-refractivity contribution is -0.127. The molecule has 0 spiro atoms. The predicted octanol–water partition coefficient (Wildman–Crippen LogP) is 4.18. The first-order valence-corrected chi connectivity index (χ1v) is 10.2. The minimum atomic E-state index is -0.676. The fourth-order valence-corrected chi connectivity index (χ4v) is 3.39. The molecule has 6 heteroatoms. The van der Waals surface area contributed by atoms with Crippen LogP contribution in [0.3, 0.4) is 0 Å². The van der Waals surface area contributed by atoms with E-state index in [4.69, 9.17) is 9.47 Å². The number of hydrogen-bond acceptors (Lipinski definition) is 4. The van der Waals surface area contributed by atoms with Crippen LogP contribution in [0.5, 0.6) is 11.5 Å². The lowest BCUT2D eigenvalue weighted by Crippen LogP contribution is -2.47. The Labute approximate surface area is 182 Å². The molecule has 0 saturated carbocycles. The maximum atomic E-state index is 12.9. The molecular formula is C25H28N2O4. The second kappa shape index (κ2) is 9.98. The van der Waals surface area contributed by atoms with Gasteiger partial charge >= 0.3 is 0 Å². The van der Waals surface area contributed by atoms with Crippen molar-refractivity contribution >= 4 is 28.3 Å². The van der Waals surface area contributed by atoms with Gasteiger partial charge in [0, 0.05) is 23.9 Å². The maximum Gasteiger partial charge on any atom is 0.247 e. The zero-order chi connectivity index (χ0) is 22.4. The van der Waals surface area contributed by atoms with Crippen LogP contribution in [0.4, 0.5) is 5.69 Å². The summed E-state index contributed by atoms with van der Waals surface area (Å²) >= 11 is 0. The topological polar surface area (TPSA) is 76.7 Å². The zero-order valence-electron chi connectivity index (χ0n) is 18.3. The first kappa shape index (κ1) is 22.2. The molecule has 162 valence electrons. The number of rotatable bonds is 8. The van der Waals surface area contributed by atoms with E-state index in [-0.39, 0.29) is 24.2 Å². The summed E-state index contributed by atoms with van der Waals surface area (Å²) < 4.78 is 10.5. The van der Waals surface area contributed by atoms with Crippen LogP contribution >= 0.6 is 0 Å². The molecule has 0 fully saturated rings. The highest BCUT2D eigenvalue weighted by atomic mass is 16.5. The third-order valence-corrected chi connectivity index (χ3v) is 5.06. The Morgan fingerprint density at radius 1 is 0.871 bits per heavy atom. The molecule has 0 aromatic heterocycles. The Balaban J connectivity index is 1.69. The quantitative estimate of drug-likeness (QED) is 0.573. The van der Waals surface area contributed by atoms with Crippen molar-refractivity contribution in [2.75, 3.05) is 19.5 Å². The standard InChI is InChI=1S/C25H28N2O4/c1-16(2)24(25(29)26-20-13-21(30-3)15-22(14-20)31-4)27-23(28)12-17-9-10-18-7-5-6-8-19(18)11-17/h5-11,13-16,24H,12H2,1-4H3,(H,26,29)(H,27,28). The molecular weight excluding hydrogens is 392 g/mol. The number of nitrogens with one attached hydrogen (secondary N) is 2. The van der Waals surface area contributed by atoms with E-state index in [1.54, 1.807) is 32.4 Å². The number of amides is 2. The van der Waals surface area contributed by atoms with Crippen LogP contribution in [0.1, 0.15) is 19.4 Å². The Bertz CT molecular complexity index is 1060. The van der Waals surface area contributed by atoms with Crippen LogP contribution in [-0.4, -0.2) is 32.1 Å². The highest BCUT2D eigenvalue weighted by Gasteiger charge is 2.24. The van der Waals surface area contributed by atoms with E-state index in [0.717, 1.165) is 16.3 Å². The molecule has 0 bridgehead atoms. The smallest absolute Gasteiger partial charge is 0.247 e. The average molecular weight is 421 g/mol. The summed E-state index contributed by atoms with van der Waals surface area (Å²) in [7, 11) is 3.09. The molecule has 0 aliphatic heterocycles. The van der Waals surface area contributed by atoms with E-state index in [9.17, 15) is 9.59 Å². The summed E-state index contributed by atoms with van der Waals surface area (Å²) in [6.45, 7) is 3.79. The normalized spacial score (nSPS) is 11.8. The average Bonchev–Trinajstić information content (AvgIpc) is 2.76. The van der Waals surface area contributed by atoms with E-state index >= 15 is 0 Å². The first-order valence-electron chi connectivity index (χ1n) is 10.2. The third kappa shape index (κ3) is 5.75. The lowest BCUT2D eigenvalue weighted by Gasteiger charge is -2.22. The van der Waals surface area contributed by atoms with Gasteiger partial charge in [-0.1, -0.05) is 56.3 Å². The number of methoxy groups -OCH3 is 2. The third-order valence-electron chi connectivity index (χ3n) is 5.06. The molecule has 0 heterocycles. The fraction of sp³-hybridized carbons (Fsp3) is 0.280. The van der Waals surface area contributed by atoms with Gasteiger partial charge in [0.15, 0.2) is 0 Å². The van der Waals surface area contributed by atoms with E-state index < -0.39 is 6.04 Å². The molecule has 3 rings (SSSR count). The van der Waals surface area contributed by atoms with Crippen LogP contribution in [0.15, 0.2) is 60.7 Å². The van der Waals surface area contributed by atoms with Gasteiger partial charge in [-0.3, -0.25) is 9.59 Å². The summed E-state index contributed by atoms with van der Waals surface area (Å²) in [6.07, 6.45) is 0.203. The Morgan fingerprint density at radius 2 is 1.52 bits per heavy atom. The van der Waals surface area contributed by atoms with E-state index in [1.807, 2.05) is 56.3 Å². The van der Waals surface area contributed by atoms with Crippen molar-refractivity contribution in [2.24, 2.45) is 5.92 Å². The number of carbonyl (C=O) groups is 2. The molecule has 31 heavy (non-hydrogen) atoms. The van der Waals surface area contributed by atoms with Gasteiger partial charge in [0.1, 0.15) is 17.5 Å². The summed E-state index contributed by atoms with van der Waals surface area (Å²) in [5, 5.41) is 7.94. The van der Waals surface area contributed by atoms with Crippen molar-refractivity contribution in [3.63, 3.8) is 0 Å². The molecule has 0 saturated heterocycles. The largest absolute Gasteiger partial charge is 0.497 e. The van der Waals surface area contributed by atoms with Gasteiger partial charge in [-0.05, 0) is 22.3 Å². The van der Waals surface area contributed by atoms with Crippen molar-refractivity contribution in [3.05, 3.63) is 66.2 Å². The van der Waals surface area contributed by atoms with Crippen molar-refractivity contribution in [2.45, 2.75) is 26.3 Å². The monoisotopic (exact) mass is 420 g/mol. The summed E-state index contributed by atoms with van der Waals surface area (Å²) in [5.74, 6) is 0.546. The summed E-state index contributed by atoms with van der Waals surface area (Å²) in [6, 6.07) is 18.4. The number of benzene rings is 3. The fourth-order valence-electron chi connectivity index (χ4n) is 3.39. The molecule has 2 N–H and O–H groups in total. The minimum absolute atomic E-state index is 0.0898. The summed E-state index contributed by atoms with van der Waals surface area (Å²) in [4.78, 5) is 25.6. The molecule has 6 nitrogen and oxygen atoms in total. The van der Waals surface area contributed by atoms with Crippen LogP contribution in [0, 0.1) is 5.92 Å². The van der Waals surface area contributed by atoms with Gasteiger partial charge in [0.25, 0.3) is 0 Å². The maximum absolute atomic E-state index is 12.9. The highest BCUT2D eigenvalue weighted by molar-refractivity contribution is 5.98. The van der Waals surface area contributed by atoms with Crippen molar-refractivity contribution in [3.8, 4) is 11.5 Å². The molecule has 3 aromatic rings. The van der Waals surface area contributed by atoms with Crippen LogP contribution in [-0.2, 0) is 16.0 Å². The Kier molecular flexibility index (Phi) is 7.13. The number of carbonyl (C=O) groups excluding carboxylic acids is 2. The van der Waals surface area contributed by atoms with Crippen molar-refractivity contribution < 1.29 is 19.1 Å². The van der Waals surface area contributed by atoms with Gasteiger partial charge < -0.3 is 20.1 Å². The van der Waals surface area contributed by atoms with E-state index in [2.05, 4.69) is 10.6 Å². The van der Waals surface area contributed by atoms with Gasteiger partial charge in [0.05, 0.1) is 20.6 Å². The molecule has 1 atom stereocenters. The molecule has 0 aliphatic carbocycles. The summed E-state index contributed by atoms with van der Waals surface area (Å²) in [5.41, 5.74) is 1.44. The van der Waals surface area contributed by atoms with E-state index in [0.29, 0.717) is 17.2 Å². The van der Waals surface area contributed by atoms with Crippen molar-refractivity contribution in [1.82, 2.24) is 5.32 Å². The Hall–Kier alpha value is -3.54. The molecule has 0 radical (unpaired) electrons. The molecule has 3 aromatic carbocycles. The van der Waals surface area contributed by atoms with Gasteiger partial charge in [0.2, 0.25) is 11.8 Å². The second-order valence-corrected chi connectivity index (χ2v) is 7.74. The van der Waals surface area contributed by atoms with Crippen molar-refractivity contribution in [1.29, 1.82) is 0 Å². The van der Waals surface area contributed by atoms with Crippen LogP contribution in [0.2, 0.25) is 0 Å². The highest BCUT2D eigenvalue weighted by Crippen LogP contribution is 2.26.